The molecule has 3 N–H and O–H groups in total. The lowest BCUT2D eigenvalue weighted by Gasteiger charge is -2.35. The number of carbonyl (C=O) groups excluding carboxylic acids is 3. The number of nitrogens with two attached hydrogens (primary N) is 1. The number of hydrogen-bond acceptors (Lipinski definition) is 4. The zero-order valence-corrected chi connectivity index (χ0v) is 15.8. The Labute approximate surface area is 145 Å². The van der Waals surface area contributed by atoms with Crippen molar-refractivity contribution in [3.05, 3.63) is 0 Å². The summed E-state index contributed by atoms with van der Waals surface area (Å²) in [5.74, 6) is -0.885. The minimum Gasteiger partial charge on any atom is -0.394 e. The summed E-state index contributed by atoms with van der Waals surface area (Å²) in [5.41, 5.74) is 5.22. The van der Waals surface area contributed by atoms with Crippen molar-refractivity contribution < 1.29 is 19.5 Å². The molecule has 0 aliphatic heterocycles. The number of likely N-dealkylation sites (N-methyl/N-ethyl adjacent to an activating group) is 2. The van der Waals surface area contributed by atoms with E-state index >= 15 is 0 Å². The Balaban J connectivity index is 5.09. The van der Waals surface area contributed by atoms with Gasteiger partial charge >= 0.3 is 0 Å². The Morgan fingerprint density at radius 1 is 1.04 bits per heavy atom. The van der Waals surface area contributed by atoms with Crippen LogP contribution in [-0.4, -0.2) is 65.4 Å². The predicted octanol–water partition coefficient (Wildman–Crippen LogP) is 0.600. The summed E-state index contributed by atoms with van der Waals surface area (Å²) in [6, 6.07) is -1.79. The first-order valence-corrected chi connectivity index (χ1v) is 8.47. The molecule has 24 heavy (non-hydrogen) atoms. The summed E-state index contributed by atoms with van der Waals surface area (Å²) in [4.78, 5) is 39.1. The molecule has 0 aliphatic carbocycles. The van der Waals surface area contributed by atoms with Crippen molar-refractivity contribution in [2.45, 2.75) is 59.0 Å². The van der Waals surface area contributed by atoms with Gasteiger partial charge in [0.25, 0.3) is 0 Å². The second-order valence-corrected chi connectivity index (χ2v) is 7.03. The van der Waals surface area contributed by atoms with E-state index in [1.54, 1.807) is 7.05 Å². The van der Waals surface area contributed by atoms with Crippen molar-refractivity contribution in [1.29, 1.82) is 0 Å². The monoisotopic (exact) mass is 343 g/mol. The fourth-order valence-corrected chi connectivity index (χ4v) is 2.66. The molecule has 0 aliphatic rings. The third-order valence-corrected chi connectivity index (χ3v) is 4.18. The van der Waals surface area contributed by atoms with Crippen LogP contribution in [-0.2, 0) is 14.4 Å². The van der Waals surface area contributed by atoms with E-state index < -0.39 is 30.5 Å². The highest BCUT2D eigenvalue weighted by Crippen LogP contribution is 2.16. The highest BCUT2D eigenvalue weighted by Gasteiger charge is 2.35. The standard InChI is InChI=1S/C17H33N3O4/c1-11(2)8-7-9-14(22)20(6)15(12(3)4)17(24)19(5)13(10-21)16(18)23/h11-13,15,21H,7-10H2,1-6H3,(H2,18,23)/t13-,15+/m1/s1. The second-order valence-electron chi connectivity index (χ2n) is 7.03. The maximum atomic E-state index is 12.7. The molecule has 0 aromatic heterocycles. The largest absolute Gasteiger partial charge is 0.394 e. The third-order valence-electron chi connectivity index (χ3n) is 4.18. The van der Waals surface area contributed by atoms with Crippen LogP contribution in [0, 0.1) is 11.8 Å². The number of amides is 3. The average molecular weight is 343 g/mol. The molecule has 0 saturated carbocycles. The molecule has 3 amide bonds. The van der Waals surface area contributed by atoms with Gasteiger partial charge in [-0.3, -0.25) is 14.4 Å². The Morgan fingerprint density at radius 3 is 1.96 bits per heavy atom. The zero-order chi connectivity index (χ0) is 19.0. The summed E-state index contributed by atoms with van der Waals surface area (Å²) in [6.07, 6.45) is 2.11. The molecule has 140 valence electrons. The summed E-state index contributed by atoms with van der Waals surface area (Å²) in [6.45, 7) is 7.33. The van der Waals surface area contributed by atoms with E-state index in [1.165, 1.54) is 11.9 Å². The van der Waals surface area contributed by atoms with Crippen LogP contribution in [0.15, 0.2) is 0 Å². The molecule has 0 heterocycles. The highest BCUT2D eigenvalue weighted by molar-refractivity contribution is 5.91. The van der Waals surface area contributed by atoms with E-state index in [9.17, 15) is 19.5 Å². The fraction of sp³-hybridized carbons (Fsp3) is 0.824. The van der Waals surface area contributed by atoms with Gasteiger partial charge in [-0.2, -0.15) is 0 Å². The van der Waals surface area contributed by atoms with Crippen LogP contribution in [0.1, 0.15) is 47.0 Å². The molecule has 0 saturated heterocycles. The highest BCUT2D eigenvalue weighted by atomic mass is 16.3. The lowest BCUT2D eigenvalue weighted by molar-refractivity contribution is -0.149. The molecule has 0 radical (unpaired) electrons. The maximum Gasteiger partial charge on any atom is 0.246 e. The van der Waals surface area contributed by atoms with E-state index in [4.69, 9.17) is 5.73 Å². The first-order chi connectivity index (χ1) is 11.0. The van der Waals surface area contributed by atoms with Gasteiger partial charge in [0.15, 0.2) is 0 Å². The van der Waals surface area contributed by atoms with Gasteiger partial charge < -0.3 is 20.6 Å². The topological polar surface area (TPSA) is 104 Å². The molecule has 0 spiro atoms. The molecule has 0 aromatic carbocycles. The minimum absolute atomic E-state index is 0.101. The van der Waals surface area contributed by atoms with Crippen LogP contribution in [0.4, 0.5) is 0 Å². The second kappa shape index (κ2) is 10.3. The predicted molar refractivity (Wildman–Crippen MR) is 92.9 cm³/mol. The maximum absolute atomic E-state index is 12.7. The van der Waals surface area contributed by atoms with Crippen molar-refractivity contribution in [2.75, 3.05) is 20.7 Å². The summed E-state index contributed by atoms with van der Waals surface area (Å²) in [5, 5.41) is 9.28. The van der Waals surface area contributed by atoms with E-state index in [2.05, 4.69) is 13.8 Å². The number of nitrogens with zero attached hydrogens (tertiary/aromatic N) is 2. The molecule has 2 atom stereocenters. The molecular formula is C17H33N3O4. The van der Waals surface area contributed by atoms with Gasteiger partial charge in [-0.25, -0.2) is 0 Å². The Bertz CT molecular complexity index is 438. The normalized spacial score (nSPS) is 13.7. The van der Waals surface area contributed by atoms with Crippen molar-refractivity contribution in [3.8, 4) is 0 Å². The molecule has 0 unspecified atom stereocenters. The van der Waals surface area contributed by atoms with Gasteiger partial charge in [-0.1, -0.05) is 34.1 Å². The Morgan fingerprint density at radius 2 is 1.58 bits per heavy atom. The number of carbonyl (C=O) groups is 3. The number of hydrogen-bond donors (Lipinski definition) is 2. The lowest BCUT2D eigenvalue weighted by atomic mass is 9.99. The number of aliphatic hydroxyl groups excluding tert-OH is 1. The molecular weight excluding hydrogens is 310 g/mol. The first-order valence-electron chi connectivity index (χ1n) is 8.47. The molecule has 0 aromatic rings. The molecule has 0 rings (SSSR count). The Hall–Kier alpha value is -1.63. The SMILES string of the molecule is CC(C)CCCC(=O)N(C)[C@H](C(=O)N(C)[C@H](CO)C(N)=O)C(C)C. The van der Waals surface area contributed by atoms with Gasteiger partial charge in [-0.15, -0.1) is 0 Å². The zero-order valence-electron chi connectivity index (χ0n) is 15.8. The van der Waals surface area contributed by atoms with Crippen LogP contribution in [0.2, 0.25) is 0 Å². The fourth-order valence-electron chi connectivity index (χ4n) is 2.66. The van der Waals surface area contributed by atoms with E-state index in [-0.39, 0.29) is 11.8 Å². The Kier molecular flexibility index (Phi) is 9.58. The third kappa shape index (κ3) is 6.47. The van der Waals surface area contributed by atoms with Crippen molar-refractivity contribution in [2.24, 2.45) is 17.6 Å². The van der Waals surface area contributed by atoms with Crippen molar-refractivity contribution in [3.63, 3.8) is 0 Å². The summed E-state index contributed by atoms with van der Waals surface area (Å²) >= 11 is 0. The van der Waals surface area contributed by atoms with Gasteiger partial charge in [-0.05, 0) is 18.3 Å². The summed E-state index contributed by atoms with van der Waals surface area (Å²) < 4.78 is 0. The van der Waals surface area contributed by atoms with E-state index in [1.807, 2.05) is 13.8 Å². The summed E-state index contributed by atoms with van der Waals surface area (Å²) in [7, 11) is 3.02. The molecule has 0 fully saturated rings. The van der Waals surface area contributed by atoms with Crippen LogP contribution in [0.25, 0.3) is 0 Å². The van der Waals surface area contributed by atoms with E-state index in [0.717, 1.165) is 17.7 Å². The molecule has 7 heteroatoms. The van der Waals surface area contributed by atoms with Crippen LogP contribution in [0.3, 0.4) is 0 Å². The van der Waals surface area contributed by atoms with Crippen molar-refractivity contribution >= 4 is 17.7 Å². The van der Waals surface area contributed by atoms with E-state index in [0.29, 0.717) is 12.3 Å². The average Bonchev–Trinajstić information content (AvgIpc) is 2.46. The van der Waals surface area contributed by atoms with Gasteiger partial charge in [0.05, 0.1) is 6.61 Å². The number of aliphatic hydroxyl groups is 1. The first kappa shape index (κ1) is 22.4. The quantitative estimate of drug-likeness (QED) is 0.606. The molecule has 0 bridgehead atoms. The lowest BCUT2D eigenvalue weighted by Crippen LogP contribution is -2.56. The van der Waals surface area contributed by atoms with Crippen LogP contribution in [0.5, 0.6) is 0 Å². The van der Waals surface area contributed by atoms with Gasteiger partial charge in [0, 0.05) is 20.5 Å². The van der Waals surface area contributed by atoms with Crippen molar-refractivity contribution in [1.82, 2.24) is 9.80 Å². The van der Waals surface area contributed by atoms with Crippen LogP contribution >= 0.6 is 0 Å². The smallest absolute Gasteiger partial charge is 0.246 e. The van der Waals surface area contributed by atoms with Gasteiger partial charge in [0.1, 0.15) is 12.1 Å². The molecule has 7 nitrogen and oxygen atoms in total. The van der Waals surface area contributed by atoms with Crippen LogP contribution < -0.4 is 5.73 Å². The van der Waals surface area contributed by atoms with Gasteiger partial charge in [0.2, 0.25) is 17.7 Å². The number of rotatable bonds is 10. The number of primary amides is 1. The minimum atomic E-state index is -1.09.